The fourth-order valence-corrected chi connectivity index (χ4v) is 1.70. The van der Waals surface area contributed by atoms with Gasteiger partial charge in [0.1, 0.15) is 5.75 Å². The molecule has 2 rings (SSSR count). The SMILES string of the molecule is CC1CC1c1ccc(OC(F)(F)F)cc1. The number of benzene rings is 1. The molecular weight excluding hydrogens is 205 g/mol. The number of halogens is 3. The molecule has 82 valence electrons. The predicted octanol–water partition coefficient (Wildman–Crippen LogP) is 3.71. The van der Waals surface area contributed by atoms with Crippen molar-refractivity contribution in [3.63, 3.8) is 0 Å². The Balaban J connectivity index is 2.04. The maximum Gasteiger partial charge on any atom is 0.573 e. The smallest absolute Gasteiger partial charge is 0.406 e. The number of hydrogen-bond acceptors (Lipinski definition) is 1. The van der Waals surface area contributed by atoms with E-state index in [0.717, 1.165) is 12.0 Å². The molecule has 1 fully saturated rings. The lowest BCUT2D eigenvalue weighted by Gasteiger charge is -2.08. The van der Waals surface area contributed by atoms with E-state index in [2.05, 4.69) is 11.7 Å². The van der Waals surface area contributed by atoms with Crippen LogP contribution in [-0.4, -0.2) is 6.36 Å². The molecule has 0 spiro atoms. The Labute approximate surface area is 85.9 Å². The molecule has 1 aromatic rings. The summed E-state index contributed by atoms with van der Waals surface area (Å²) in [7, 11) is 0. The van der Waals surface area contributed by atoms with Gasteiger partial charge in [0.15, 0.2) is 0 Å². The maximum absolute atomic E-state index is 11.9. The summed E-state index contributed by atoms with van der Waals surface area (Å²) >= 11 is 0. The van der Waals surface area contributed by atoms with Crippen LogP contribution in [0.15, 0.2) is 24.3 Å². The summed E-state index contributed by atoms with van der Waals surface area (Å²) in [5, 5.41) is 0. The van der Waals surface area contributed by atoms with Gasteiger partial charge in [-0.15, -0.1) is 13.2 Å². The van der Waals surface area contributed by atoms with Gasteiger partial charge in [-0.05, 0) is 36.0 Å². The Morgan fingerprint density at radius 1 is 1.20 bits per heavy atom. The van der Waals surface area contributed by atoms with E-state index in [0.29, 0.717) is 11.8 Å². The second-order valence-electron chi connectivity index (χ2n) is 3.94. The lowest BCUT2D eigenvalue weighted by molar-refractivity contribution is -0.274. The second-order valence-corrected chi connectivity index (χ2v) is 3.94. The molecule has 0 amide bonds. The van der Waals surface area contributed by atoms with Gasteiger partial charge < -0.3 is 4.74 Å². The molecule has 1 saturated carbocycles. The molecule has 2 unspecified atom stereocenters. The van der Waals surface area contributed by atoms with Crippen LogP contribution in [0.25, 0.3) is 0 Å². The van der Waals surface area contributed by atoms with Gasteiger partial charge in [-0.2, -0.15) is 0 Å². The van der Waals surface area contributed by atoms with E-state index in [1.165, 1.54) is 12.1 Å². The summed E-state index contributed by atoms with van der Waals surface area (Å²) in [4.78, 5) is 0. The minimum atomic E-state index is -4.60. The van der Waals surface area contributed by atoms with E-state index in [1.807, 2.05) is 0 Å². The summed E-state index contributed by atoms with van der Waals surface area (Å²) in [5.74, 6) is 1.02. The average molecular weight is 216 g/mol. The molecular formula is C11H11F3O. The van der Waals surface area contributed by atoms with E-state index in [9.17, 15) is 13.2 Å². The highest BCUT2D eigenvalue weighted by Crippen LogP contribution is 2.47. The highest BCUT2D eigenvalue weighted by atomic mass is 19.4. The van der Waals surface area contributed by atoms with Gasteiger partial charge in [-0.3, -0.25) is 0 Å². The van der Waals surface area contributed by atoms with Crippen LogP contribution in [0.2, 0.25) is 0 Å². The minimum Gasteiger partial charge on any atom is -0.406 e. The third-order valence-electron chi connectivity index (χ3n) is 2.65. The van der Waals surface area contributed by atoms with Crippen molar-refractivity contribution in [1.29, 1.82) is 0 Å². The normalized spacial score (nSPS) is 25.1. The van der Waals surface area contributed by atoms with Crippen molar-refractivity contribution < 1.29 is 17.9 Å². The van der Waals surface area contributed by atoms with E-state index < -0.39 is 6.36 Å². The summed E-state index contributed by atoms with van der Waals surface area (Å²) < 4.78 is 39.3. The fourth-order valence-electron chi connectivity index (χ4n) is 1.70. The molecule has 0 radical (unpaired) electrons. The van der Waals surface area contributed by atoms with Crippen molar-refractivity contribution in [3.8, 4) is 5.75 Å². The van der Waals surface area contributed by atoms with E-state index in [1.54, 1.807) is 12.1 Å². The lowest BCUT2D eigenvalue weighted by Crippen LogP contribution is -2.16. The molecule has 0 bridgehead atoms. The largest absolute Gasteiger partial charge is 0.573 e. The molecule has 0 N–H and O–H groups in total. The van der Waals surface area contributed by atoms with E-state index in [-0.39, 0.29) is 5.75 Å². The lowest BCUT2D eigenvalue weighted by atomic mass is 10.1. The summed E-state index contributed by atoms with van der Waals surface area (Å²) in [6.45, 7) is 2.13. The molecule has 1 aromatic carbocycles. The molecule has 1 nitrogen and oxygen atoms in total. The Kier molecular flexibility index (Phi) is 2.37. The van der Waals surface area contributed by atoms with Crippen molar-refractivity contribution in [2.45, 2.75) is 25.6 Å². The van der Waals surface area contributed by atoms with Crippen LogP contribution in [0.4, 0.5) is 13.2 Å². The monoisotopic (exact) mass is 216 g/mol. The topological polar surface area (TPSA) is 9.23 Å². The molecule has 15 heavy (non-hydrogen) atoms. The molecule has 1 aliphatic rings. The summed E-state index contributed by atoms with van der Waals surface area (Å²) in [5.41, 5.74) is 1.09. The third-order valence-corrected chi connectivity index (χ3v) is 2.65. The quantitative estimate of drug-likeness (QED) is 0.732. The molecule has 0 saturated heterocycles. The standard InChI is InChI=1S/C11H11F3O/c1-7-6-10(7)8-2-4-9(5-3-8)15-11(12,13)14/h2-5,7,10H,6H2,1H3. The molecule has 1 aliphatic carbocycles. The predicted molar refractivity (Wildman–Crippen MR) is 49.6 cm³/mol. The van der Waals surface area contributed by atoms with Crippen molar-refractivity contribution in [2.24, 2.45) is 5.92 Å². The van der Waals surface area contributed by atoms with Crippen molar-refractivity contribution in [3.05, 3.63) is 29.8 Å². The van der Waals surface area contributed by atoms with Crippen molar-refractivity contribution in [2.75, 3.05) is 0 Å². The average Bonchev–Trinajstić information content (AvgIpc) is 2.81. The number of hydrogen-bond donors (Lipinski definition) is 0. The number of ether oxygens (including phenoxy) is 1. The van der Waals surface area contributed by atoms with Crippen LogP contribution in [0, 0.1) is 5.92 Å². The first kappa shape index (κ1) is 10.3. The van der Waals surface area contributed by atoms with Gasteiger partial charge in [-0.25, -0.2) is 0 Å². The zero-order chi connectivity index (χ0) is 11.1. The molecule has 4 heteroatoms. The third kappa shape index (κ3) is 2.64. The van der Waals surface area contributed by atoms with Crippen LogP contribution in [-0.2, 0) is 0 Å². The zero-order valence-corrected chi connectivity index (χ0v) is 8.21. The van der Waals surface area contributed by atoms with Crippen molar-refractivity contribution >= 4 is 0 Å². The first-order valence-corrected chi connectivity index (χ1v) is 4.81. The molecule has 2 atom stereocenters. The van der Waals surface area contributed by atoms with Crippen molar-refractivity contribution in [1.82, 2.24) is 0 Å². The first-order valence-electron chi connectivity index (χ1n) is 4.81. The van der Waals surface area contributed by atoms with Gasteiger partial charge in [-0.1, -0.05) is 19.1 Å². The van der Waals surface area contributed by atoms with Gasteiger partial charge in [0.25, 0.3) is 0 Å². The van der Waals surface area contributed by atoms with Crippen LogP contribution in [0.1, 0.15) is 24.8 Å². The maximum atomic E-state index is 11.9. The highest BCUT2D eigenvalue weighted by molar-refractivity contribution is 5.32. The van der Waals surface area contributed by atoms with Gasteiger partial charge in [0.2, 0.25) is 0 Å². The van der Waals surface area contributed by atoms with Gasteiger partial charge in [0, 0.05) is 0 Å². The van der Waals surface area contributed by atoms with Crippen LogP contribution >= 0.6 is 0 Å². The highest BCUT2D eigenvalue weighted by Gasteiger charge is 2.34. The Hall–Kier alpha value is -1.19. The Bertz CT molecular complexity index is 342. The number of rotatable bonds is 2. The molecule has 0 aromatic heterocycles. The van der Waals surface area contributed by atoms with Crippen LogP contribution < -0.4 is 4.74 Å². The minimum absolute atomic E-state index is 0.153. The summed E-state index contributed by atoms with van der Waals surface area (Å²) in [6.07, 6.45) is -3.48. The van der Waals surface area contributed by atoms with Gasteiger partial charge in [0.05, 0.1) is 0 Å². The zero-order valence-electron chi connectivity index (χ0n) is 8.21. The first-order chi connectivity index (χ1) is 6.96. The van der Waals surface area contributed by atoms with Crippen LogP contribution in [0.3, 0.4) is 0 Å². The second kappa shape index (κ2) is 3.43. The Morgan fingerprint density at radius 3 is 2.13 bits per heavy atom. The van der Waals surface area contributed by atoms with Crippen LogP contribution in [0.5, 0.6) is 5.75 Å². The molecule has 0 heterocycles. The van der Waals surface area contributed by atoms with Gasteiger partial charge >= 0.3 is 6.36 Å². The fraction of sp³-hybridized carbons (Fsp3) is 0.455. The number of alkyl halides is 3. The summed E-state index contributed by atoms with van der Waals surface area (Å²) in [6, 6.07) is 6.15. The van der Waals surface area contributed by atoms with E-state index in [4.69, 9.17) is 0 Å². The Morgan fingerprint density at radius 2 is 1.73 bits per heavy atom. The molecule has 0 aliphatic heterocycles. The van der Waals surface area contributed by atoms with E-state index >= 15 is 0 Å².